The van der Waals surface area contributed by atoms with Crippen LogP contribution in [0.25, 0.3) is 0 Å². The van der Waals surface area contributed by atoms with Crippen molar-refractivity contribution in [3.8, 4) is 0 Å². The van der Waals surface area contributed by atoms with E-state index in [1.807, 2.05) is 6.07 Å². The number of pyridine rings is 1. The molecule has 0 atom stereocenters. The van der Waals surface area contributed by atoms with Crippen molar-refractivity contribution >= 4 is 17.3 Å². The molecule has 1 rings (SSSR count). The fourth-order valence-electron chi connectivity index (χ4n) is 1.12. The Labute approximate surface area is 84.3 Å². The summed E-state index contributed by atoms with van der Waals surface area (Å²) in [5.41, 5.74) is 0.979. The van der Waals surface area contributed by atoms with Crippen LogP contribution in [0.5, 0.6) is 0 Å². The van der Waals surface area contributed by atoms with Crippen molar-refractivity contribution in [3.05, 3.63) is 23.5 Å². The molecule has 0 radical (unpaired) electrons. The normalized spacial score (nSPS) is 10.0. The van der Waals surface area contributed by atoms with E-state index < -0.39 is 0 Å². The second-order valence-electron chi connectivity index (χ2n) is 2.99. The second kappa shape index (κ2) is 5.81. The SMILES string of the molecule is CCCCCNc1ccncc1Cl. The number of hydrogen-bond donors (Lipinski definition) is 1. The molecule has 0 fully saturated rings. The smallest absolute Gasteiger partial charge is 0.0820 e. The molecule has 0 bridgehead atoms. The van der Waals surface area contributed by atoms with Crippen LogP contribution in [0.1, 0.15) is 26.2 Å². The standard InChI is InChI=1S/C10H15ClN2/c1-2-3-4-6-13-10-5-7-12-8-9(10)11/h5,7-8H,2-4,6H2,1H3,(H,12,13). The van der Waals surface area contributed by atoms with Gasteiger partial charge in [-0.25, -0.2) is 0 Å². The first kappa shape index (κ1) is 10.3. The lowest BCUT2D eigenvalue weighted by Gasteiger charge is -2.06. The summed E-state index contributed by atoms with van der Waals surface area (Å²) in [5.74, 6) is 0. The summed E-state index contributed by atoms with van der Waals surface area (Å²) in [7, 11) is 0. The molecule has 1 N–H and O–H groups in total. The number of halogens is 1. The largest absolute Gasteiger partial charge is 0.384 e. The minimum atomic E-state index is 0.694. The quantitative estimate of drug-likeness (QED) is 0.735. The second-order valence-corrected chi connectivity index (χ2v) is 3.40. The minimum Gasteiger partial charge on any atom is -0.384 e. The summed E-state index contributed by atoms with van der Waals surface area (Å²) in [4.78, 5) is 3.92. The van der Waals surface area contributed by atoms with Gasteiger partial charge in [0.05, 0.1) is 10.7 Å². The molecule has 2 nitrogen and oxygen atoms in total. The monoisotopic (exact) mass is 198 g/mol. The highest BCUT2D eigenvalue weighted by Crippen LogP contribution is 2.18. The van der Waals surface area contributed by atoms with E-state index in [0.29, 0.717) is 5.02 Å². The van der Waals surface area contributed by atoms with Crippen LogP contribution in [0.15, 0.2) is 18.5 Å². The molecule has 0 spiro atoms. The van der Waals surface area contributed by atoms with Crippen molar-refractivity contribution in [2.24, 2.45) is 0 Å². The first-order chi connectivity index (χ1) is 6.34. The molecule has 0 unspecified atom stereocenters. The highest BCUT2D eigenvalue weighted by molar-refractivity contribution is 6.33. The number of nitrogens with zero attached hydrogens (tertiary/aromatic N) is 1. The highest BCUT2D eigenvalue weighted by Gasteiger charge is 1.96. The van der Waals surface area contributed by atoms with Crippen molar-refractivity contribution in [3.63, 3.8) is 0 Å². The molecule has 1 heterocycles. The van der Waals surface area contributed by atoms with Gasteiger partial charge in [-0.2, -0.15) is 0 Å². The van der Waals surface area contributed by atoms with Crippen LogP contribution in [0.4, 0.5) is 5.69 Å². The summed E-state index contributed by atoms with van der Waals surface area (Å²) in [6, 6.07) is 1.90. The molecule has 0 saturated heterocycles. The third-order valence-corrected chi connectivity index (χ3v) is 2.17. The van der Waals surface area contributed by atoms with Crippen LogP contribution in [0, 0.1) is 0 Å². The van der Waals surface area contributed by atoms with Gasteiger partial charge >= 0.3 is 0 Å². The van der Waals surface area contributed by atoms with Gasteiger partial charge in [-0.15, -0.1) is 0 Å². The third kappa shape index (κ3) is 3.64. The number of nitrogens with one attached hydrogen (secondary N) is 1. The van der Waals surface area contributed by atoms with Gasteiger partial charge in [-0.1, -0.05) is 31.4 Å². The maximum absolute atomic E-state index is 5.91. The van der Waals surface area contributed by atoms with Crippen molar-refractivity contribution in [1.82, 2.24) is 4.98 Å². The molecule has 0 amide bonds. The molecule has 72 valence electrons. The van der Waals surface area contributed by atoms with Crippen molar-refractivity contribution in [2.75, 3.05) is 11.9 Å². The Balaban J connectivity index is 2.32. The van der Waals surface area contributed by atoms with Crippen LogP contribution < -0.4 is 5.32 Å². The van der Waals surface area contributed by atoms with Gasteiger partial charge in [0.1, 0.15) is 0 Å². The van der Waals surface area contributed by atoms with Crippen molar-refractivity contribution in [2.45, 2.75) is 26.2 Å². The zero-order valence-corrected chi connectivity index (χ0v) is 8.64. The van der Waals surface area contributed by atoms with Crippen LogP contribution in [0.3, 0.4) is 0 Å². The van der Waals surface area contributed by atoms with Crippen LogP contribution in [0.2, 0.25) is 5.02 Å². The van der Waals surface area contributed by atoms with Crippen molar-refractivity contribution in [1.29, 1.82) is 0 Å². The first-order valence-electron chi connectivity index (χ1n) is 4.68. The lowest BCUT2D eigenvalue weighted by molar-refractivity contribution is 0.744. The highest BCUT2D eigenvalue weighted by atomic mass is 35.5. The molecular weight excluding hydrogens is 184 g/mol. The van der Waals surface area contributed by atoms with Crippen LogP contribution >= 0.6 is 11.6 Å². The van der Waals surface area contributed by atoms with Crippen LogP contribution in [-0.2, 0) is 0 Å². The molecule has 0 aliphatic carbocycles. The van der Waals surface area contributed by atoms with Gasteiger partial charge in [0.15, 0.2) is 0 Å². The van der Waals surface area contributed by atoms with Gasteiger partial charge in [-0.05, 0) is 12.5 Å². The maximum Gasteiger partial charge on any atom is 0.0820 e. The molecule has 13 heavy (non-hydrogen) atoms. The van der Waals surface area contributed by atoms with Gasteiger partial charge in [0.2, 0.25) is 0 Å². The zero-order valence-electron chi connectivity index (χ0n) is 7.89. The number of rotatable bonds is 5. The lowest BCUT2D eigenvalue weighted by Crippen LogP contribution is -2.01. The van der Waals surface area contributed by atoms with E-state index in [9.17, 15) is 0 Å². The molecule has 0 aliphatic heterocycles. The summed E-state index contributed by atoms with van der Waals surface area (Å²) in [6.45, 7) is 3.18. The lowest BCUT2D eigenvalue weighted by atomic mass is 10.2. The molecule has 0 aromatic carbocycles. The number of unbranched alkanes of at least 4 members (excludes halogenated alkanes) is 2. The Bertz CT molecular complexity index is 250. The summed E-state index contributed by atoms with van der Waals surface area (Å²) in [6.07, 6.45) is 7.09. The Morgan fingerprint density at radius 1 is 1.46 bits per heavy atom. The number of aromatic nitrogens is 1. The van der Waals surface area contributed by atoms with E-state index in [0.717, 1.165) is 12.2 Å². The molecule has 1 aromatic heterocycles. The van der Waals surface area contributed by atoms with Gasteiger partial charge in [0.25, 0.3) is 0 Å². The summed E-state index contributed by atoms with van der Waals surface area (Å²) in [5, 5.41) is 3.97. The number of hydrogen-bond acceptors (Lipinski definition) is 2. The number of anilines is 1. The molecule has 0 saturated carbocycles. The van der Waals surface area contributed by atoms with E-state index in [4.69, 9.17) is 11.6 Å². The average Bonchev–Trinajstić information content (AvgIpc) is 2.15. The van der Waals surface area contributed by atoms with E-state index in [2.05, 4.69) is 17.2 Å². The predicted octanol–water partition coefficient (Wildman–Crippen LogP) is 3.34. The van der Waals surface area contributed by atoms with Gasteiger partial charge in [-0.3, -0.25) is 4.98 Å². The predicted molar refractivity (Wildman–Crippen MR) is 57.3 cm³/mol. The molecule has 1 aromatic rings. The fourth-order valence-corrected chi connectivity index (χ4v) is 1.30. The Morgan fingerprint density at radius 3 is 3.00 bits per heavy atom. The first-order valence-corrected chi connectivity index (χ1v) is 5.05. The third-order valence-electron chi connectivity index (χ3n) is 1.87. The average molecular weight is 199 g/mol. The molecule has 0 aliphatic rings. The van der Waals surface area contributed by atoms with Crippen molar-refractivity contribution < 1.29 is 0 Å². The molecular formula is C10H15ClN2. The van der Waals surface area contributed by atoms with E-state index in [-0.39, 0.29) is 0 Å². The van der Waals surface area contributed by atoms with E-state index in [1.54, 1.807) is 12.4 Å². The summed E-state index contributed by atoms with van der Waals surface area (Å²) < 4.78 is 0. The molecule has 3 heteroatoms. The Hall–Kier alpha value is -0.760. The van der Waals surface area contributed by atoms with E-state index in [1.165, 1.54) is 19.3 Å². The topological polar surface area (TPSA) is 24.9 Å². The van der Waals surface area contributed by atoms with E-state index >= 15 is 0 Å². The minimum absolute atomic E-state index is 0.694. The van der Waals surface area contributed by atoms with Gasteiger partial charge in [0, 0.05) is 18.9 Å². The van der Waals surface area contributed by atoms with Gasteiger partial charge < -0.3 is 5.32 Å². The Kier molecular flexibility index (Phi) is 4.61. The summed E-state index contributed by atoms with van der Waals surface area (Å²) >= 11 is 5.91. The zero-order chi connectivity index (χ0) is 9.52. The fraction of sp³-hybridized carbons (Fsp3) is 0.500. The Morgan fingerprint density at radius 2 is 2.31 bits per heavy atom. The maximum atomic E-state index is 5.91. The van der Waals surface area contributed by atoms with Crippen LogP contribution in [-0.4, -0.2) is 11.5 Å².